The van der Waals surface area contributed by atoms with Gasteiger partial charge in [0.05, 0.1) is 0 Å². The number of likely N-dealkylation sites (N-methyl/N-ethyl adjacent to an activating group) is 1. The van der Waals surface area contributed by atoms with E-state index in [9.17, 15) is 13.6 Å². The van der Waals surface area contributed by atoms with Gasteiger partial charge in [0.25, 0.3) is 12.3 Å². The Labute approximate surface area is 176 Å². The zero-order valence-corrected chi connectivity index (χ0v) is 16.6. The maximum absolute atomic E-state index is 13.4. The normalized spacial score (nSPS) is 18.8. The molecule has 1 aromatic heterocycles. The first-order valence-corrected chi connectivity index (χ1v) is 9.44. The van der Waals surface area contributed by atoms with Crippen molar-refractivity contribution in [1.29, 1.82) is 0 Å². The zero-order chi connectivity index (χ0) is 21.5. The average molecular weight is 427 g/mol. The lowest BCUT2D eigenvalue weighted by Gasteiger charge is -2.27. The molecule has 152 valence electrons. The highest BCUT2D eigenvalue weighted by atomic mass is 35.5. The van der Waals surface area contributed by atoms with Gasteiger partial charge < -0.3 is 5.73 Å². The fourth-order valence-corrected chi connectivity index (χ4v) is 3.79. The number of pyridine rings is 1. The fraction of sp³-hybridized carbons (Fsp3) is 0.136. The number of aliphatic imine (C=N–C) groups is 1. The first-order chi connectivity index (χ1) is 14.3. The molecular weight excluding hydrogens is 410 g/mol. The molecule has 1 unspecified atom stereocenters. The molecule has 0 spiro atoms. The molecule has 1 amide bonds. The Bertz CT molecular complexity index is 1150. The third kappa shape index (κ3) is 3.21. The molecule has 3 aromatic rings. The molecule has 2 heterocycles. The Kier molecular flexibility index (Phi) is 4.99. The van der Waals surface area contributed by atoms with Crippen molar-refractivity contribution >= 4 is 23.5 Å². The van der Waals surface area contributed by atoms with Gasteiger partial charge in [0, 0.05) is 35.6 Å². The summed E-state index contributed by atoms with van der Waals surface area (Å²) in [5.74, 6) is -0.502. The summed E-state index contributed by atoms with van der Waals surface area (Å²) in [4.78, 5) is 22.9. The van der Waals surface area contributed by atoms with Crippen LogP contribution in [0.2, 0.25) is 5.02 Å². The summed E-state index contributed by atoms with van der Waals surface area (Å²) in [6.45, 7) is 0. The van der Waals surface area contributed by atoms with Crippen molar-refractivity contribution in [3.8, 4) is 11.1 Å². The Balaban J connectivity index is 1.99. The molecule has 8 heteroatoms. The second-order valence-corrected chi connectivity index (χ2v) is 7.38. The van der Waals surface area contributed by atoms with E-state index in [-0.39, 0.29) is 17.1 Å². The SMILES string of the molecule is CN1C(=O)C(c2cc(Cl)cc(-c3ccccc3)c2)(c2cncc(C(F)F)c2)N=C1N. The highest BCUT2D eigenvalue weighted by Crippen LogP contribution is 2.42. The van der Waals surface area contributed by atoms with Gasteiger partial charge in [-0.2, -0.15) is 0 Å². The Morgan fingerprint density at radius 2 is 1.77 bits per heavy atom. The van der Waals surface area contributed by atoms with Crippen molar-refractivity contribution in [1.82, 2.24) is 9.88 Å². The lowest BCUT2D eigenvalue weighted by molar-refractivity contribution is -0.129. The first kappa shape index (κ1) is 20.0. The number of amides is 1. The van der Waals surface area contributed by atoms with E-state index in [1.54, 1.807) is 18.2 Å². The van der Waals surface area contributed by atoms with Crippen molar-refractivity contribution in [3.05, 3.63) is 88.7 Å². The van der Waals surface area contributed by atoms with E-state index in [0.29, 0.717) is 10.6 Å². The Hall–Kier alpha value is -3.32. The number of nitrogens with zero attached hydrogens (tertiary/aromatic N) is 3. The van der Waals surface area contributed by atoms with Gasteiger partial charge in [0.2, 0.25) is 0 Å². The van der Waals surface area contributed by atoms with E-state index >= 15 is 0 Å². The topological polar surface area (TPSA) is 71.6 Å². The van der Waals surface area contributed by atoms with Gasteiger partial charge in [-0.05, 0) is 41.0 Å². The van der Waals surface area contributed by atoms with Crippen LogP contribution in [0.1, 0.15) is 23.1 Å². The summed E-state index contributed by atoms with van der Waals surface area (Å²) in [6.07, 6.45) is -0.335. The predicted molar refractivity (Wildman–Crippen MR) is 111 cm³/mol. The third-order valence-electron chi connectivity index (χ3n) is 5.09. The van der Waals surface area contributed by atoms with Crippen LogP contribution in [0.4, 0.5) is 8.78 Å². The van der Waals surface area contributed by atoms with E-state index in [2.05, 4.69) is 9.98 Å². The van der Waals surface area contributed by atoms with Gasteiger partial charge in [0.15, 0.2) is 11.5 Å². The second kappa shape index (κ2) is 7.50. The van der Waals surface area contributed by atoms with Gasteiger partial charge in [-0.15, -0.1) is 0 Å². The third-order valence-corrected chi connectivity index (χ3v) is 5.31. The van der Waals surface area contributed by atoms with Crippen LogP contribution in [0, 0.1) is 0 Å². The summed E-state index contributed by atoms with van der Waals surface area (Å²) in [5, 5.41) is 0.375. The number of benzene rings is 2. The van der Waals surface area contributed by atoms with E-state index in [4.69, 9.17) is 17.3 Å². The minimum absolute atomic E-state index is 0.0244. The standard InChI is InChI=1S/C22H17ClF2N4O/c1-29-20(30)22(28-21(29)26,17-8-15(19(24)25)11-27-12-17)16-7-14(9-18(23)10-16)13-5-3-2-4-6-13/h2-12,19H,1H3,(H2,26,28). The molecule has 0 aliphatic carbocycles. The van der Waals surface area contributed by atoms with Crippen molar-refractivity contribution in [2.75, 3.05) is 7.05 Å². The summed E-state index contributed by atoms with van der Waals surface area (Å²) in [5.41, 5.74) is 6.23. The van der Waals surface area contributed by atoms with Gasteiger partial charge in [-0.3, -0.25) is 14.7 Å². The maximum atomic E-state index is 13.4. The summed E-state index contributed by atoms with van der Waals surface area (Å²) in [7, 11) is 1.48. The summed E-state index contributed by atoms with van der Waals surface area (Å²) >= 11 is 6.39. The quantitative estimate of drug-likeness (QED) is 0.673. The van der Waals surface area contributed by atoms with Gasteiger partial charge in [-0.25, -0.2) is 13.8 Å². The number of carbonyl (C=O) groups excluding carboxylic acids is 1. The number of aromatic nitrogens is 1. The molecule has 30 heavy (non-hydrogen) atoms. The molecule has 0 bridgehead atoms. The van der Waals surface area contributed by atoms with Crippen molar-refractivity contribution in [2.24, 2.45) is 10.7 Å². The van der Waals surface area contributed by atoms with Crippen molar-refractivity contribution < 1.29 is 13.6 Å². The van der Waals surface area contributed by atoms with Crippen molar-refractivity contribution in [2.45, 2.75) is 12.0 Å². The van der Waals surface area contributed by atoms with Crippen LogP contribution < -0.4 is 5.73 Å². The number of rotatable bonds is 4. The van der Waals surface area contributed by atoms with Gasteiger partial charge in [0.1, 0.15) is 0 Å². The highest BCUT2D eigenvalue weighted by molar-refractivity contribution is 6.31. The van der Waals surface area contributed by atoms with E-state index in [1.165, 1.54) is 24.2 Å². The van der Waals surface area contributed by atoms with Crippen LogP contribution >= 0.6 is 11.6 Å². The van der Waals surface area contributed by atoms with Crippen molar-refractivity contribution in [3.63, 3.8) is 0 Å². The number of hydrogen-bond acceptors (Lipinski definition) is 4. The average Bonchev–Trinajstić information content (AvgIpc) is 2.99. The number of nitrogens with two attached hydrogens (primary N) is 1. The molecule has 5 nitrogen and oxygen atoms in total. The van der Waals surface area contributed by atoms with Gasteiger partial charge in [-0.1, -0.05) is 41.9 Å². The number of carbonyl (C=O) groups is 1. The number of hydrogen-bond donors (Lipinski definition) is 1. The Morgan fingerprint density at radius 1 is 1.03 bits per heavy atom. The zero-order valence-electron chi connectivity index (χ0n) is 15.9. The molecule has 4 rings (SSSR count). The van der Waals surface area contributed by atoms with Crippen LogP contribution in [0.3, 0.4) is 0 Å². The molecule has 0 saturated carbocycles. The predicted octanol–water partition coefficient (Wildman–Crippen LogP) is 4.37. The van der Waals surface area contributed by atoms with Crippen LogP contribution in [0.25, 0.3) is 11.1 Å². The molecule has 2 aromatic carbocycles. The lowest BCUT2D eigenvalue weighted by Crippen LogP contribution is -2.41. The largest absolute Gasteiger partial charge is 0.369 e. The van der Waals surface area contributed by atoms with E-state index in [0.717, 1.165) is 17.3 Å². The van der Waals surface area contributed by atoms with Crippen LogP contribution in [-0.4, -0.2) is 28.8 Å². The fourth-order valence-electron chi connectivity index (χ4n) is 3.55. The number of alkyl halides is 2. The highest BCUT2D eigenvalue weighted by Gasteiger charge is 2.50. The molecule has 1 aliphatic heterocycles. The Morgan fingerprint density at radius 3 is 2.40 bits per heavy atom. The molecule has 0 saturated heterocycles. The van der Waals surface area contributed by atoms with Gasteiger partial charge >= 0.3 is 0 Å². The minimum atomic E-state index is -2.75. The second-order valence-electron chi connectivity index (χ2n) is 6.95. The van der Waals surface area contributed by atoms with Crippen LogP contribution in [-0.2, 0) is 10.3 Å². The van der Waals surface area contributed by atoms with Crippen LogP contribution in [0.5, 0.6) is 0 Å². The number of halogens is 3. The van der Waals surface area contributed by atoms with E-state index in [1.807, 2.05) is 30.3 Å². The molecular formula is C22H17ClF2N4O. The van der Waals surface area contributed by atoms with E-state index < -0.39 is 17.9 Å². The summed E-state index contributed by atoms with van der Waals surface area (Å²) < 4.78 is 26.7. The molecule has 0 radical (unpaired) electrons. The molecule has 0 fully saturated rings. The van der Waals surface area contributed by atoms with Crippen LogP contribution in [0.15, 0.2) is 72.0 Å². The molecule has 2 N–H and O–H groups in total. The maximum Gasteiger partial charge on any atom is 0.266 e. The summed E-state index contributed by atoms with van der Waals surface area (Å²) in [6, 6.07) is 15.8. The smallest absolute Gasteiger partial charge is 0.266 e. The molecule has 1 atom stereocenters. The lowest BCUT2D eigenvalue weighted by atomic mass is 9.82. The molecule has 1 aliphatic rings. The minimum Gasteiger partial charge on any atom is -0.369 e. The number of guanidine groups is 1. The first-order valence-electron chi connectivity index (χ1n) is 9.06. The monoisotopic (exact) mass is 426 g/mol.